The average Bonchev–Trinajstić information content (AvgIpc) is 3.56. The van der Waals surface area contributed by atoms with E-state index in [2.05, 4.69) is 97.5 Å². The lowest BCUT2D eigenvalue weighted by Gasteiger charge is -2.28. The van der Waals surface area contributed by atoms with Gasteiger partial charge in [-0.25, -0.2) is 4.98 Å². The van der Waals surface area contributed by atoms with Gasteiger partial charge in [0.2, 0.25) is 5.95 Å². The molecule has 234 valence electrons. The summed E-state index contributed by atoms with van der Waals surface area (Å²) in [7, 11) is 10.1. The maximum Gasteiger partial charge on any atom is 0.231 e. The Bertz CT molecular complexity index is 1620. The van der Waals surface area contributed by atoms with Gasteiger partial charge in [0, 0.05) is 75.4 Å². The van der Waals surface area contributed by atoms with E-state index in [-0.39, 0.29) is 0 Å². The highest BCUT2D eigenvalue weighted by molar-refractivity contribution is 14.1. The maximum atomic E-state index is 5.98. The molecule has 2 aromatic heterocycles. The first-order valence-electron chi connectivity index (χ1n) is 14.9. The first-order chi connectivity index (χ1) is 21.2. The van der Waals surface area contributed by atoms with E-state index in [1.807, 2.05) is 31.3 Å². The van der Waals surface area contributed by atoms with Gasteiger partial charge in [-0.2, -0.15) is 4.98 Å². The van der Waals surface area contributed by atoms with Crippen LogP contribution in [-0.4, -0.2) is 85.5 Å². The van der Waals surface area contributed by atoms with Gasteiger partial charge in [0.1, 0.15) is 11.3 Å². The van der Waals surface area contributed by atoms with Crippen LogP contribution in [0.5, 0.6) is 5.75 Å². The Labute approximate surface area is 279 Å². The minimum atomic E-state index is 0.555. The molecule has 0 bridgehead atoms. The van der Waals surface area contributed by atoms with Crippen LogP contribution < -0.4 is 22.0 Å². The summed E-state index contributed by atoms with van der Waals surface area (Å²) < 4.78 is 10.2. The summed E-state index contributed by atoms with van der Waals surface area (Å²) in [5, 5.41) is 0. The zero-order chi connectivity index (χ0) is 31.5. The second kappa shape index (κ2) is 13.9. The van der Waals surface area contributed by atoms with Gasteiger partial charge in [-0.05, 0) is 57.1 Å². The molecule has 1 aliphatic heterocycles. The van der Waals surface area contributed by atoms with Crippen LogP contribution in [0.3, 0.4) is 0 Å². The number of likely N-dealkylation sites (N-methyl/N-ethyl adjacent to an activating group) is 1. The van der Waals surface area contributed by atoms with Gasteiger partial charge >= 0.3 is 0 Å². The molecule has 0 aliphatic carbocycles. The predicted octanol–water partition coefficient (Wildman–Crippen LogP) is 6.66. The molecule has 44 heavy (non-hydrogen) atoms. The number of aryl methyl sites for hydroxylation is 2. The molecule has 5 rings (SSSR count). The van der Waals surface area contributed by atoms with E-state index in [1.54, 1.807) is 31.5 Å². The molecule has 1 aliphatic rings. The highest BCUT2D eigenvalue weighted by Gasteiger charge is 2.28. The van der Waals surface area contributed by atoms with Crippen molar-refractivity contribution in [1.82, 2.24) is 24.8 Å². The third-order valence-electron chi connectivity index (χ3n) is 8.45. The van der Waals surface area contributed by atoms with Gasteiger partial charge in [-0.15, -0.1) is 0 Å². The summed E-state index contributed by atoms with van der Waals surface area (Å²) in [6.07, 6.45) is 10.3. The Balaban J connectivity index is 1.55. The van der Waals surface area contributed by atoms with E-state index < -0.39 is 0 Å². The topological polar surface area (TPSA) is 77.0 Å². The molecule has 0 saturated carbocycles. The van der Waals surface area contributed by atoms with Gasteiger partial charge in [0.15, 0.2) is 5.82 Å². The quantitative estimate of drug-likeness (QED) is 0.0946. The number of ether oxygens (including phenoxy) is 1. The number of rotatable bonds is 11. The van der Waals surface area contributed by atoms with Crippen LogP contribution in [0.1, 0.15) is 31.4 Å². The second-order valence-electron chi connectivity index (χ2n) is 11.1. The number of aromatic nitrogens is 4. The summed E-state index contributed by atoms with van der Waals surface area (Å²) >= 11 is 3.98. The molecule has 10 nitrogen and oxygen atoms in total. The van der Waals surface area contributed by atoms with E-state index in [9.17, 15) is 0 Å². The standard InChI is InChI=1S/C32H42IN9OS/c1-9-21-17-27(28(43-7)18-26(21)41-16-13-23(20-41)38(3)4)39(5)32-36-19-22(10-2)31(37-32)42(33)25-12-11-24-29(35-15-14-34-24)30(25)40(6)44-8/h11-12,14-15,17-19,23H,9-10,13,16,20H2,1-8H3. The molecule has 0 spiro atoms. The van der Waals surface area contributed by atoms with Crippen molar-refractivity contribution in [2.24, 2.45) is 0 Å². The summed E-state index contributed by atoms with van der Waals surface area (Å²) in [5.41, 5.74) is 8.19. The molecule has 1 atom stereocenters. The van der Waals surface area contributed by atoms with Gasteiger partial charge in [-0.1, -0.05) is 25.8 Å². The number of halogens is 1. The number of methoxy groups -OCH3 is 1. The average molecular weight is 728 g/mol. The fourth-order valence-corrected chi connectivity index (χ4v) is 6.92. The molecule has 2 aromatic carbocycles. The second-order valence-corrected chi connectivity index (χ2v) is 13.0. The Morgan fingerprint density at radius 1 is 1.00 bits per heavy atom. The number of anilines is 6. The van der Waals surface area contributed by atoms with Crippen LogP contribution >= 0.6 is 34.8 Å². The Morgan fingerprint density at radius 3 is 2.41 bits per heavy atom. The summed E-state index contributed by atoms with van der Waals surface area (Å²) in [6, 6.07) is 9.09. The van der Waals surface area contributed by atoms with Crippen LogP contribution in [0.25, 0.3) is 11.0 Å². The smallest absolute Gasteiger partial charge is 0.231 e. The Morgan fingerprint density at radius 2 is 1.75 bits per heavy atom. The SMILES string of the molecule is CCc1cc(N(C)c2ncc(CC)c(N(I)c3ccc4nccnc4c3N(C)SC)n2)c(OC)cc1N1CCC(N(C)C)C1. The van der Waals surface area contributed by atoms with Crippen molar-refractivity contribution < 1.29 is 4.74 Å². The number of fused-ring (bicyclic) bond motifs is 1. The normalized spacial score (nSPS) is 14.9. The number of hydrogen-bond acceptors (Lipinski definition) is 11. The molecule has 4 aromatic rings. The van der Waals surface area contributed by atoms with Crippen LogP contribution in [0.2, 0.25) is 0 Å². The van der Waals surface area contributed by atoms with Gasteiger partial charge < -0.3 is 23.7 Å². The van der Waals surface area contributed by atoms with Gasteiger partial charge in [0.25, 0.3) is 0 Å². The minimum Gasteiger partial charge on any atom is -0.494 e. The largest absolute Gasteiger partial charge is 0.494 e. The molecule has 3 heterocycles. The summed E-state index contributed by atoms with van der Waals surface area (Å²) in [4.78, 5) is 26.1. The van der Waals surface area contributed by atoms with Gasteiger partial charge in [0.05, 0.1) is 52.6 Å². The van der Waals surface area contributed by atoms with E-state index >= 15 is 0 Å². The van der Waals surface area contributed by atoms with Crippen molar-refractivity contribution in [1.29, 1.82) is 0 Å². The Kier molecular flexibility index (Phi) is 10.2. The monoisotopic (exact) mass is 727 g/mol. The molecule has 1 saturated heterocycles. The van der Waals surface area contributed by atoms with Crippen LogP contribution in [0, 0.1) is 0 Å². The highest BCUT2D eigenvalue weighted by atomic mass is 127. The van der Waals surface area contributed by atoms with Crippen molar-refractivity contribution in [3.05, 3.63) is 54.0 Å². The molecular formula is C32H42IN9OS. The molecular weight excluding hydrogens is 685 g/mol. The number of benzene rings is 2. The highest BCUT2D eigenvalue weighted by Crippen LogP contribution is 2.44. The number of hydrogen-bond donors (Lipinski definition) is 0. The van der Waals surface area contributed by atoms with Crippen LogP contribution in [-0.2, 0) is 12.8 Å². The van der Waals surface area contributed by atoms with Crippen LogP contribution in [0.15, 0.2) is 42.9 Å². The maximum absolute atomic E-state index is 5.98. The molecule has 0 N–H and O–H groups in total. The zero-order valence-electron chi connectivity index (χ0n) is 26.9. The third kappa shape index (κ3) is 6.20. The summed E-state index contributed by atoms with van der Waals surface area (Å²) in [6.45, 7) is 6.40. The first kappa shape index (κ1) is 32.3. The van der Waals surface area contributed by atoms with E-state index in [1.165, 1.54) is 11.3 Å². The van der Waals surface area contributed by atoms with E-state index in [4.69, 9.17) is 19.7 Å². The molecule has 12 heteroatoms. The Hall–Kier alpha value is -3.10. The van der Waals surface area contributed by atoms with Crippen molar-refractivity contribution in [2.75, 3.05) is 71.9 Å². The fourth-order valence-electron chi connectivity index (χ4n) is 5.75. The molecule has 0 radical (unpaired) electrons. The number of nitrogens with zero attached hydrogens (tertiary/aromatic N) is 9. The zero-order valence-corrected chi connectivity index (χ0v) is 29.8. The lowest BCUT2D eigenvalue weighted by Crippen LogP contribution is -2.31. The van der Waals surface area contributed by atoms with E-state index in [0.29, 0.717) is 12.0 Å². The molecule has 1 unspecified atom stereocenters. The van der Waals surface area contributed by atoms with Crippen molar-refractivity contribution in [2.45, 2.75) is 39.2 Å². The first-order valence-corrected chi connectivity index (χ1v) is 17.1. The van der Waals surface area contributed by atoms with Gasteiger partial charge in [-0.3, -0.25) is 13.1 Å². The third-order valence-corrected chi connectivity index (χ3v) is 10.2. The summed E-state index contributed by atoms with van der Waals surface area (Å²) in [5.74, 6) is 2.24. The van der Waals surface area contributed by atoms with E-state index in [0.717, 1.165) is 77.6 Å². The van der Waals surface area contributed by atoms with Crippen LogP contribution in [0.4, 0.5) is 34.5 Å². The predicted molar refractivity (Wildman–Crippen MR) is 194 cm³/mol. The van der Waals surface area contributed by atoms with Crippen molar-refractivity contribution in [3.63, 3.8) is 0 Å². The lowest BCUT2D eigenvalue weighted by molar-refractivity contribution is 0.315. The molecule has 0 amide bonds. The minimum absolute atomic E-state index is 0.555. The van der Waals surface area contributed by atoms with Crippen molar-refractivity contribution in [3.8, 4) is 5.75 Å². The van der Waals surface area contributed by atoms with Crippen molar-refractivity contribution >= 4 is 80.4 Å². The fraction of sp³-hybridized carbons (Fsp3) is 0.438. The molecule has 1 fully saturated rings. The lowest BCUT2D eigenvalue weighted by atomic mass is 10.1.